The van der Waals surface area contributed by atoms with Gasteiger partial charge >= 0.3 is 6.02 Å². The maximum absolute atomic E-state index is 16.6. The Kier molecular flexibility index (Phi) is 7.94. The molecule has 2 aromatic rings. The number of carbonyl (C=O) groups is 1. The second kappa shape index (κ2) is 12.0. The largest absolute Gasteiger partial charge is 0.464 e. The Balaban J connectivity index is 1.15. The molecule has 44 heavy (non-hydrogen) atoms. The third-order valence-corrected chi connectivity index (χ3v) is 9.29. The minimum Gasteiger partial charge on any atom is -0.464 e. The van der Waals surface area contributed by atoms with Crippen LogP contribution in [0.25, 0.3) is 10.8 Å². The van der Waals surface area contributed by atoms with Crippen molar-refractivity contribution in [1.82, 2.24) is 14.7 Å². The molecular formula is C32H33ClF2N6O3. The van der Waals surface area contributed by atoms with Crippen LogP contribution in [-0.2, 0) is 14.3 Å². The summed E-state index contributed by atoms with van der Waals surface area (Å²) in [4.78, 5) is 31.9. The fourth-order valence-electron chi connectivity index (χ4n) is 6.75. The Labute approximate surface area is 259 Å². The van der Waals surface area contributed by atoms with E-state index in [1.165, 1.54) is 4.90 Å². The fraction of sp³-hybridized carbons (Fsp3) is 0.438. The van der Waals surface area contributed by atoms with Crippen LogP contribution in [0.5, 0.6) is 0 Å². The fourth-order valence-corrected chi connectivity index (χ4v) is 7.03. The molecule has 0 saturated carbocycles. The Morgan fingerprint density at radius 2 is 1.95 bits per heavy atom. The molecular weight excluding hydrogens is 590 g/mol. The number of alkyl halides is 1. The zero-order valence-electron chi connectivity index (χ0n) is 24.2. The predicted octanol–water partition coefficient (Wildman–Crippen LogP) is 4.16. The Hall–Kier alpha value is -3.67. The molecule has 0 N–H and O–H groups in total. The second-order valence-corrected chi connectivity index (χ2v) is 12.1. The van der Waals surface area contributed by atoms with Gasteiger partial charge in [0.15, 0.2) is 12.0 Å². The molecule has 0 radical (unpaired) electrons. The van der Waals surface area contributed by atoms with E-state index >= 15 is 4.39 Å². The lowest BCUT2D eigenvalue weighted by molar-refractivity contribution is -0.129. The molecule has 0 spiro atoms. The number of fused-ring (bicyclic) bond motifs is 4. The number of halogens is 3. The summed E-state index contributed by atoms with van der Waals surface area (Å²) in [5.41, 5.74) is 1.38. The lowest BCUT2D eigenvalue weighted by Gasteiger charge is -2.39. The average molecular weight is 623 g/mol. The molecule has 5 heterocycles. The highest BCUT2D eigenvalue weighted by Gasteiger charge is 2.41. The number of ether oxygens (including phenoxy) is 2. The molecule has 2 bridgehead atoms. The van der Waals surface area contributed by atoms with E-state index in [1.54, 1.807) is 12.3 Å². The van der Waals surface area contributed by atoms with E-state index in [0.717, 1.165) is 43.3 Å². The van der Waals surface area contributed by atoms with Gasteiger partial charge in [0.2, 0.25) is 0 Å². The maximum atomic E-state index is 16.6. The zero-order chi connectivity index (χ0) is 30.4. The molecule has 230 valence electrons. The summed E-state index contributed by atoms with van der Waals surface area (Å²) in [5, 5.41) is 2.14. The lowest BCUT2D eigenvalue weighted by Crippen LogP contribution is -2.53. The predicted molar refractivity (Wildman–Crippen MR) is 166 cm³/mol. The molecule has 1 amide bonds. The van der Waals surface area contributed by atoms with E-state index in [4.69, 9.17) is 26.1 Å². The number of amidine groups is 2. The smallest absolute Gasteiger partial charge is 0.314 e. The van der Waals surface area contributed by atoms with Crippen LogP contribution in [0, 0.1) is 0 Å². The number of rotatable bonds is 6. The Morgan fingerprint density at radius 1 is 1.16 bits per heavy atom. The first-order valence-electron chi connectivity index (χ1n) is 15.0. The molecule has 7 rings (SSSR count). The number of hydrogen-bond acceptors (Lipinski definition) is 8. The molecule has 2 aromatic carbocycles. The highest BCUT2D eigenvalue weighted by molar-refractivity contribution is 6.37. The summed E-state index contributed by atoms with van der Waals surface area (Å²) >= 11 is 6.57. The van der Waals surface area contributed by atoms with Crippen LogP contribution in [-0.4, -0.2) is 115 Å². The first kappa shape index (κ1) is 29.1. The molecule has 0 aliphatic carbocycles. The molecule has 5 aliphatic rings. The van der Waals surface area contributed by atoms with Gasteiger partial charge in [0.25, 0.3) is 5.91 Å². The number of hydrogen-bond donors (Lipinski definition) is 0. The first-order valence-corrected chi connectivity index (χ1v) is 15.4. The van der Waals surface area contributed by atoms with Crippen LogP contribution in [0.15, 0.2) is 75.6 Å². The maximum Gasteiger partial charge on any atom is 0.314 e. The van der Waals surface area contributed by atoms with Crippen molar-refractivity contribution in [2.45, 2.75) is 37.2 Å². The number of benzene rings is 2. The quantitative estimate of drug-likeness (QED) is 0.357. The van der Waals surface area contributed by atoms with Crippen molar-refractivity contribution < 1.29 is 23.0 Å². The van der Waals surface area contributed by atoms with Gasteiger partial charge in [-0.2, -0.15) is 4.99 Å². The summed E-state index contributed by atoms with van der Waals surface area (Å²) in [7, 11) is 0. The summed E-state index contributed by atoms with van der Waals surface area (Å²) < 4.78 is 41.9. The summed E-state index contributed by atoms with van der Waals surface area (Å²) in [6.45, 7) is 7.41. The van der Waals surface area contributed by atoms with Crippen molar-refractivity contribution in [3.63, 3.8) is 0 Å². The van der Waals surface area contributed by atoms with E-state index in [0.29, 0.717) is 53.8 Å². The van der Waals surface area contributed by atoms with Crippen molar-refractivity contribution in [3.05, 3.63) is 71.2 Å². The Morgan fingerprint density at radius 3 is 2.68 bits per heavy atom. The topological polar surface area (TPSA) is 82.3 Å². The second-order valence-electron chi connectivity index (χ2n) is 11.7. The summed E-state index contributed by atoms with van der Waals surface area (Å²) in [6.07, 6.45) is 2.23. The van der Waals surface area contributed by atoms with Gasteiger partial charge in [-0.05, 0) is 24.3 Å². The minimum atomic E-state index is -1.58. The molecule has 4 atom stereocenters. The number of likely N-dealkylation sites (tertiary alicyclic amines) is 1. The number of amides is 1. The van der Waals surface area contributed by atoms with Crippen LogP contribution in [0.1, 0.15) is 18.4 Å². The van der Waals surface area contributed by atoms with Gasteiger partial charge in [-0.15, -0.1) is 0 Å². The molecule has 2 unspecified atom stereocenters. The van der Waals surface area contributed by atoms with Crippen molar-refractivity contribution in [3.8, 4) is 0 Å². The van der Waals surface area contributed by atoms with Crippen LogP contribution < -0.4 is 0 Å². The average Bonchev–Trinajstić information content (AvgIpc) is 3.67. The van der Waals surface area contributed by atoms with Gasteiger partial charge in [-0.25, -0.2) is 13.8 Å². The van der Waals surface area contributed by atoms with E-state index in [1.807, 2.05) is 35.2 Å². The van der Waals surface area contributed by atoms with E-state index in [9.17, 15) is 9.18 Å². The molecule has 0 aromatic heterocycles. The number of carbonyl (C=O) groups excluding carboxylic acids is 1. The van der Waals surface area contributed by atoms with Crippen LogP contribution >= 0.6 is 11.6 Å². The molecule has 12 heteroatoms. The van der Waals surface area contributed by atoms with Crippen LogP contribution in [0.4, 0.5) is 8.78 Å². The third-order valence-electron chi connectivity index (χ3n) is 8.97. The van der Waals surface area contributed by atoms with Gasteiger partial charge < -0.3 is 19.3 Å². The molecule has 5 aliphatic heterocycles. The van der Waals surface area contributed by atoms with Crippen LogP contribution in [0.2, 0.25) is 5.02 Å². The first-order chi connectivity index (χ1) is 21.4. The minimum absolute atomic E-state index is 0.115. The SMILES string of the molecule is C=C(F)C(=O)N1CCN(C2=NC(OCCCN3C[C@@H]4C[C@H]3CO4)=NC3C2=CN=C(c2cccc4cccc(Cl)c24)C3F)CC1. The summed E-state index contributed by atoms with van der Waals surface area (Å²) in [6, 6.07) is 10.8. The highest BCUT2D eigenvalue weighted by atomic mass is 35.5. The van der Waals surface area contributed by atoms with Crippen molar-refractivity contribution in [1.29, 1.82) is 0 Å². The van der Waals surface area contributed by atoms with Crippen molar-refractivity contribution in [2.75, 3.05) is 52.5 Å². The zero-order valence-corrected chi connectivity index (χ0v) is 24.9. The van der Waals surface area contributed by atoms with Gasteiger partial charge in [0.1, 0.15) is 11.9 Å². The standard InChI is InChI=1S/C32H33ClF2N6O3/c1-19(34)31(42)40-12-10-39(11-13-40)30-24-16-36-28(23-7-2-5-20-6-3-8-25(33)26(20)23)27(35)29(24)37-32(38-30)43-14-4-9-41-17-22-15-21(41)18-44-22/h2-3,5-8,16,21-22,27,29H,1,4,9-15,17-18H2/t21-,22-,27?,29?/m0/s1. The Bertz CT molecular complexity index is 1610. The normalized spacial score (nSPS) is 26.6. The summed E-state index contributed by atoms with van der Waals surface area (Å²) in [5.74, 6) is -1.21. The number of nitrogens with zero attached hydrogens (tertiary/aromatic N) is 6. The molecule has 3 saturated heterocycles. The number of piperazine rings is 1. The van der Waals surface area contributed by atoms with Crippen LogP contribution in [0.3, 0.4) is 0 Å². The lowest BCUT2D eigenvalue weighted by atomic mass is 9.90. The third kappa shape index (κ3) is 5.41. The molecule has 9 nitrogen and oxygen atoms in total. The van der Waals surface area contributed by atoms with Gasteiger partial charge in [-0.1, -0.05) is 48.5 Å². The van der Waals surface area contributed by atoms with Gasteiger partial charge in [0.05, 0.1) is 25.0 Å². The van der Waals surface area contributed by atoms with Gasteiger partial charge in [0, 0.05) is 73.1 Å². The molecule has 3 fully saturated rings. The van der Waals surface area contributed by atoms with E-state index in [2.05, 4.69) is 21.5 Å². The van der Waals surface area contributed by atoms with E-state index in [-0.39, 0.29) is 24.8 Å². The van der Waals surface area contributed by atoms with Crippen molar-refractivity contribution in [2.24, 2.45) is 15.0 Å². The number of morpholine rings is 1. The van der Waals surface area contributed by atoms with Gasteiger partial charge in [-0.3, -0.25) is 14.7 Å². The van der Waals surface area contributed by atoms with E-state index < -0.39 is 23.9 Å². The number of aliphatic imine (C=N–C) groups is 3. The highest BCUT2D eigenvalue weighted by Crippen LogP contribution is 2.34. The van der Waals surface area contributed by atoms with Crippen molar-refractivity contribution >= 4 is 45.8 Å². The monoisotopic (exact) mass is 622 g/mol.